The van der Waals surface area contributed by atoms with E-state index in [0.29, 0.717) is 0 Å². The van der Waals surface area contributed by atoms with E-state index in [-0.39, 0.29) is 30.0 Å². The van der Waals surface area contributed by atoms with Gasteiger partial charge in [0.1, 0.15) is 0 Å². The van der Waals surface area contributed by atoms with Crippen LogP contribution in [0.25, 0.3) is 0 Å². The average Bonchev–Trinajstić information content (AvgIpc) is 2.90. The Morgan fingerprint density at radius 1 is 1.45 bits per heavy atom. The summed E-state index contributed by atoms with van der Waals surface area (Å²) in [7, 11) is 2.74. The summed E-state index contributed by atoms with van der Waals surface area (Å²) in [5, 5.41) is 21.9. The van der Waals surface area contributed by atoms with Crippen LogP contribution in [0.2, 0.25) is 0 Å². The van der Waals surface area contributed by atoms with Crippen LogP contribution in [0.15, 0.2) is 6.07 Å². The number of hydrogen-bond acceptors (Lipinski definition) is 5. The zero-order valence-corrected chi connectivity index (χ0v) is 11.1. The summed E-state index contributed by atoms with van der Waals surface area (Å²) in [4.78, 5) is 11.0. The maximum absolute atomic E-state index is 13.7. The highest BCUT2D eigenvalue weighted by molar-refractivity contribution is 5.71. The summed E-state index contributed by atoms with van der Waals surface area (Å²) in [6.07, 6.45) is 0.242. The largest absolute Gasteiger partial charge is 0.504 e. The SMILES string of the molecule is COc1cc(F)c(O)c(C2CC(C(=O)O)CN2)c1OC. The van der Waals surface area contributed by atoms with Crippen molar-refractivity contribution in [3.05, 3.63) is 17.4 Å². The van der Waals surface area contributed by atoms with E-state index >= 15 is 0 Å². The van der Waals surface area contributed by atoms with Gasteiger partial charge in [-0.25, -0.2) is 4.39 Å². The van der Waals surface area contributed by atoms with Gasteiger partial charge in [0.05, 0.1) is 25.7 Å². The van der Waals surface area contributed by atoms with Gasteiger partial charge >= 0.3 is 5.97 Å². The van der Waals surface area contributed by atoms with Crippen molar-refractivity contribution in [1.82, 2.24) is 5.32 Å². The van der Waals surface area contributed by atoms with Crippen LogP contribution >= 0.6 is 0 Å². The Morgan fingerprint density at radius 2 is 2.15 bits per heavy atom. The van der Waals surface area contributed by atoms with E-state index in [1.165, 1.54) is 14.2 Å². The Morgan fingerprint density at radius 3 is 2.65 bits per heavy atom. The number of aromatic hydroxyl groups is 1. The Kier molecular flexibility index (Phi) is 3.99. The van der Waals surface area contributed by atoms with E-state index in [1.807, 2.05) is 0 Å². The van der Waals surface area contributed by atoms with Crippen molar-refractivity contribution in [3.63, 3.8) is 0 Å². The number of ether oxygens (including phenoxy) is 2. The van der Waals surface area contributed by atoms with Crippen LogP contribution in [0.3, 0.4) is 0 Å². The summed E-state index contributed by atoms with van der Waals surface area (Å²) in [5.74, 6) is -2.54. The summed E-state index contributed by atoms with van der Waals surface area (Å²) < 4.78 is 23.9. The number of carboxylic acid groups (broad SMARTS) is 1. The van der Waals surface area contributed by atoms with Gasteiger partial charge < -0.3 is 25.0 Å². The van der Waals surface area contributed by atoms with Gasteiger partial charge in [-0.3, -0.25) is 4.79 Å². The number of methoxy groups -OCH3 is 2. The minimum Gasteiger partial charge on any atom is -0.504 e. The predicted octanol–water partition coefficient (Wildman–Crippen LogP) is 1.28. The van der Waals surface area contributed by atoms with Gasteiger partial charge in [-0.1, -0.05) is 0 Å². The molecule has 2 unspecified atom stereocenters. The number of nitrogens with one attached hydrogen (secondary N) is 1. The van der Waals surface area contributed by atoms with Crippen molar-refractivity contribution in [1.29, 1.82) is 0 Å². The van der Waals surface area contributed by atoms with E-state index in [1.54, 1.807) is 0 Å². The number of benzene rings is 1. The lowest BCUT2D eigenvalue weighted by Crippen LogP contribution is -2.17. The van der Waals surface area contributed by atoms with E-state index in [0.717, 1.165) is 6.07 Å². The summed E-state index contributed by atoms with van der Waals surface area (Å²) in [6, 6.07) is 0.525. The van der Waals surface area contributed by atoms with Crippen LogP contribution in [-0.4, -0.2) is 36.9 Å². The van der Waals surface area contributed by atoms with Gasteiger partial charge in [-0.05, 0) is 6.42 Å². The fourth-order valence-corrected chi connectivity index (χ4v) is 2.45. The molecule has 0 aromatic heterocycles. The fourth-order valence-electron chi connectivity index (χ4n) is 2.45. The number of hydrogen-bond donors (Lipinski definition) is 3. The molecule has 2 atom stereocenters. The minimum absolute atomic E-state index is 0.151. The lowest BCUT2D eigenvalue weighted by Gasteiger charge is -2.19. The second kappa shape index (κ2) is 5.54. The van der Waals surface area contributed by atoms with Crippen LogP contribution in [0.1, 0.15) is 18.0 Å². The number of halogens is 1. The molecular weight excluding hydrogens is 269 g/mol. The average molecular weight is 285 g/mol. The molecule has 1 fully saturated rings. The highest BCUT2D eigenvalue weighted by Gasteiger charge is 2.35. The quantitative estimate of drug-likeness (QED) is 0.772. The molecule has 1 aliphatic heterocycles. The first-order valence-electron chi connectivity index (χ1n) is 6.09. The zero-order valence-electron chi connectivity index (χ0n) is 11.1. The first kappa shape index (κ1) is 14.4. The summed E-state index contributed by atoms with van der Waals surface area (Å²) in [6.45, 7) is 0.251. The lowest BCUT2D eigenvalue weighted by molar-refractivity contribution is -0.141. The van der Waals surface area contributed by atoms with E-state index < -0.39 is 29.5 Å². The molecule has 0 spiro atoms. The minimum atomic E-state index is -0.929. The molecule has 0 bridgehead atoms. The second-order valence-corrected chi connectivity index (χ2v) is 4.59. The summed E-state index contributed by atoms with van der Waals surface area (Å²) in [5.41, 5.74) is 0.188. The van der Waals surface area contributed by atoms with E-state index in [2.05, 4.69) is 5.32 Å². The first-order valence-corrected chi connectivity index (χ1v) is 6.09. The molecule has 0 saturated carbocycles. The molecule has 20 heavy (non-hydrogen) atoms. The molecular formula is C13H16FNO5. The molecule has 1 aromatic carbocycles. The van der Waals surface area contributed by atoms with Gasteiger partial charge in [0, 0.05) is 18.7 Å². The van der Waals surface area contributed by atoms with Crippen molar-refractivity contribution < 1.29 is 28.9 Å². The number of carboxylic acids is 1. The third-order valence-corrected chi connectivity index (χ3v) is 3.46. The third kappa shape index (κ3) is 2.36. The first-order chi connectivity index (χ1) is 9.49. The maximum Gasteiger partial charge on any atom is 0.307 e. The van der Waals surface area contributed by atoms with Gasteiger partial charge in [-0.15, -0.1) is 0 Å². The topological polar surface area (TPSA) is 88.0 Å². The zero-order chi connectivity index (χ0) is 14.9. The van der Waals surface area contributed by atoms with Gasteiger partial charge in [0.2, 0.25) is 0 Å². The Hall–Kier alpha value is -2.02. The molecule has 110 valence electrons. The lowest BCUT2D eigenvalue weighted by atomic mass is 9.98. The van der Waals surface area contributed by atoms with Crippen LogP contribution in [-0.2, 0) is 4.79 Å². The highest BCUT2D eigenvalue weighted by Crippen LogP contribution is 2.45. The third-order valence-electron chi connectivity index (χ3n) is 3.46. The summed E-state index contributed by atoms with van der Waals surface area (Å²) >= 11 is 0. The molecule has 1 aliphatic rings. The second-order valence-electron chi connectivity index (χ2n) is 4.59. The molecule has 0 aliphatic carbocycles. The van der Waals surface area contributed by atoms with Crippen molar-refractivity contribution >= 4 is 5.97 Å². The molecule has 7 heteroatoms. The molecule has 2 rings (SSSR count). The normalized spacial score (nSPS) is 21.8. The molecule has 0 amide bonds. The molecule has 1 heterocycles. The predicted molar refractivity (Wildman–Crippen MR) is 67.7 cm³/mol. The van der Waals surface area contributed by atoms with Crippen LogP contribution in [0.4, 0.5) is 4.39 Å². The Bertz CT molecular complexity index is 534. The molecule has 1 aromatic rings. The van der Waals surface area contributed by atoms with Crippen LogP contribution < -0.4 is 14.8 Å². The highest BCUT2D eigenvalue weighted by atomic mass is 19.1. The van der Waals surface area contributed by atoms with Gasteiger partial charge in [0.25, 0.3) is 0 Å². The van der Waals surface area contributed by atoms with Gasteiger partial charge in [-0.2, -0.15) is 0 Å². The maximum atomic E-state index is 13.7. The number of rotatable bonds is 4. The Labute approximate surface area is 115 Å². The van der Waals surface area contributed by atoms with E-state index in [9.17, 15) is 14.3 Å². The van der Waals surface area contributed by atoms with Crippen molar-refractivity contribution in [2.45, 2.75) is 12.5 Å². The number of phenolic OH excluding ortho intramolecular Hbond substituents is 1. The van der Waals surface area contributed by atoms with Crippen LogP contribution in [0, 0.1) is 11.7 Å². The fraction of sp³-hybridized carbons (Fsp3) is 0.462. The monoisotopic (exact) mass is 285 g/mol. The number of aliphatic carboxylic acids is 1. The number of carbonyl (C=O) groups is 1. The smallest absolute Gasteiger partial charge is 0.307 e. The molecule has 1 saturated heterocycles. The van der Waals surface area contributed by atoms with E-state index in [4.69, 9.17) is 14.6 Å². The molecule has 3 N–H and O–H groups in total. The van der Waals surface area contributed by atoms with Crippen molar-refractivity contribution in [3.8, 4) is 17.2 Å². The molecule has 6 nitrogen and oxygen atoms in total. The Balaban J connectivity index is 2.45. The molecule has 0 radical (unpaired) electrons. The van der Waals surface area contributed by atoms with Gasteiger partial charge in [0.15, 0.2) is 23.1 Å². The number of phenols is 1. The van der Waals surface area contributed by atoms with Crippen LogP contribution in [0.5, 0.6) is 17.2 Å². The van der Waals surface area contributed by atoms with Crippen molar-refractivity contribution in [2.24, 2.45) is 5.92 Å². The standard InChI is InChI=1S/C13H16FNO5/c1-19-9-4-7(14)11(16)10(12(9)20-2)8-3-6(5-15-8)13(17)18/h4,6,8,15-16H,3,5H2,1-2H3,(H,17,18). The van der Waals surface area contributed by atoms with Crippen molar-refractivity contribution in [2.75, 3.05) is 20.8 Å².